The molecule has 48 heavy (non-hydrogen) atoms. The Morgan fingerprint density at radius 3 is 1.08 bits per heavy atom. The molecule has 6 heteroatoms. The van der Waals surface area contributed by atoms with E-state index in [2.05, 4.69) is 201 Å². The third kappa shape index (κ3) is 5.76. The molecule has 2 aliphatic rings. The van der Waals surface area contributed by atoms with Gasteiger partial charge in [-0.2, -0.15) is 0 Å². The number of allylic oxidation sites excluding steroid dienone is 4. The van der Waals surface area contributed by atoms with Crippen molar-refractivity contribution in [3.8, 4) is 0 Å². The van der Waals surface area contributed by atoms with Crippen molar-refractivity contribution in [3.63, 3.8) is 0 Å². The molecular formula is C42H54N2S2Si2. The van der Waals surface area contributed by atoms with E-state index in [1.54, 1.807) is 9.00 Å². The molecule has 0 unspecified atom stereocenters. The Hall–Kier alpha value is -2.91. The lowest BCUT2D eigenvalue weighted by atomic mass is 10.0. The Kier molecular flexibility index (Phi) is 8.63. The molecule has 2 nitrogen and oxygen atoms in total. The number of rotatable bonds is 6. The molecule has 0 spiro atoms. The molecule has 0 fully saturated rings. The Morgan fingerprint density at radius 2 is 0.812 bits per heavy atom. The number of hydrogen-bond donors (Lipinski definition) is 0. The minimum Gasteiger partial charge on any atom is -0.378 e. The van der Waals surface area contributed by atoms with E-state index in [-0.39, 0.29) is 10.1 Å². The van der Waals surface area contributed by atoms with Crippen LogP contribution >= 0.6 is 22.7 Å². The third-order valence-corrected chi connectivity index (χ3v) is 27.7. The van der Waals surface area contributed by atoms with E-state index >= 15 is 0 Å². The molecule has 2 heterocycles. The lowest BCUT2D eigenvalue weighted by Gasteiger charge is -2.36. The standard InChI is InChI=1S/C42H54N2S2Si2/c1-41(2,3)47(11,12)37-25-35-31(27-15-19-29(20-16-27)43(7)8)23-33(39(35)45-37)34-24-32(28-17-21-30(22-18-28)44(9)10)36-26-38(46-40(34)36)48(13,14)42(4,5)6/h15-26H,1-14H3/b34-33+. The summed E-state index contributed by atoms with van der Waals surface area (Å²) in [4.78, 5) is 7.26. The highest BCUT2D eigenvalue weighted by Crippen LogP contribution is 2.52. The average Bonchev–Trinajstić information content (AvgIpc) is 3.77. The maximum absolute atomic E-state index is 2.58. The topological polar surface area (TPSA) is 6.48 Å². The summed E-state index contributed by atoms with van der Waals surface area (Å²) in [6.07, 6.45) is 5.03. The van der Waals surface area contributed by atoms with Crippen LogP contribution in [-0.4, -0.2) is 44.3 Å². The summed E-state index contributed by atoms with van der Waals surface area (Å²) in [6, 6.07) is 23.5. The molecule has 0 N–H and O–H groups in total. The van der Waals surface area contributed by atoms with Gasteiger partial charge in [-0.1, -0.05) is 92.0 Å². The van der Waals surface area contributed by atoms with Crippen molar-refractivity contribution in [1.29, 1.82) is 0 Å². The van der Waals surface area contributed by atoms with Crippen molar-refractivity contribution >= 4 is 81.5 Å². The minimum absolute atomic E-state index is 0.272. The molecular weight excluding hydrogens is 653 g/mol. The zero-order chi connectivity index (χ0) is 35.1. The first-order chi connectivity index (χ1) is 22.2. The van der Waals surface area contributed by atoms with Gasteiger partial charge in [-0.15, -0.1) is 22.7 Å². The van der Waals surface area contributed by atoms with Crippen LogP contribution in [0.2, 0.25) is 36.3 Å². The van der Waals surface area contributed by atoms with Crippen LogP contribution in [-0.2, 0) is 0 Å². The van der Waals surface area contributed by atoms with Gasteiger partial charge in [-0.3, -0.25) is 0 Å². The predicted octanol–water partition coefficient (Wildman–Crippen LogP) is 11.2. The zero-order valence-electron chi connectivity index (χ0n) is 31.6. The number of nitrogens with zero attached hydrogens (tertiary/aromatic N) is 2. The molecule has 0 radical (unpaired) electrons. The van der Waals surface area contributed by atoms with E-state index in [0.29, 0.717) is 0 Å². The largest absolute Gasteiger partial charge is 0.378 e. The van der Waals surface area contributed by atoms with Crippen LogP contribution in [0.25, 0.3) is 22.3 Å². The molecule has 0 atom stereocenters. The van der Waals surface area contributed by atoms with E-state index in [4.69, 9.17) is 0 Å². The van der Waals surface area contributed by atoms with Crippen LogP contribution in [0.1, 0.15) is 73.6 Å². The molecule has 2 aliphatic carbocycles. The van der Waals surface area contributed by atoms with E-state index in [1.165, 1.54) is 65.7 Å². The summed E-state index contributed by atoms with van der Waals surface area (Å²) in [7, 11) is 4.98. The Bertz CT molecular complexity index is 1820. The molecule has 0 amide bonds. The van der Waals surface area contributed by atoms with E-state index in [0.717, 1.165) is 0 Å². The average molecular weight is 707 g/mol. The van der Waals surface area contributed by atoms with Crippen LogP contribution < -0.4 is 18.8 Å². The van der Waals surface area contributed by atoms with Gasteiger partial charge in [0.05, 0.1) is 16.1 Å². The second-order valence-corrected chi connectivity index (χ2v) is 30.7. The number of anilines is 2. The smallest absolute Gasteiger partial charge is 0.0987 e. The lowest BCUT2D eigenvalue weighted by Crippen LogP contribution is -2.47. The summed E-state index contributed by atoms with van der Waals surface area (Å²) < 4.78 is 3.20. The van der Waals surface area contributed by atoms with Crippen LogP contribution in [0, 0.1) is 0 Å². The molecule has 6 rings (SSSR count). The van der Waals surface area contributed by atoms with Gasteiger partial charge in [0.25, 0.3) is 0 Å². The number of hydrogen-bond acceptors (Lipinski definition) is 4. The number of benzene rings is 2. The highest BCUT2D eigenvalue weighted by Gasteiger charge is 2.42. The van der Waals surface area contributed by atoms with E-state index < -0.39 is 16.1 Å². The first-order valence-electron chi connectivity index (χ1n) is 17.3. The van der Waals surface area contributed by atoms with Gasteiger partial charge in [-0.05, 0) is 89.9 Å². The van der Waals surface area contributed by atoms with Crippen molar-refractivity contribution in [1.82, 2.24) is 0 Å². The minimum atomic E-state index is -1.74. The second kappa shape index (κ2) is 11.9. The van der Waals surface area contributed by atoms with Crippen LogP contribution in [0.15, 0.2) is 72.8 Å². The van der Waals surface area contributed by atoms with Gasteiger partial charge < -0.3 is 9.80 Å². The fraction of sp³-hybridized carbons (Fsp3) is 0.381. The summed E-state index contributed by atoms with van der Waals surface area (Å²) in [5, 5.41) is 0.544. The lowest BCUT2D eigenvalue weighted by molar-refractivity contribution is 0.730. The molecule has 0 aliphatic heterocycles. The van der Waals surface area contributed by atoms with Crippen molar-refractivity contribution in [2.75, 3.05) is 38.0 Å². The van der Waals surface area contributed by atoms with Crippen molar-refractivity contribution in [2.45, 2.75) is 77.8 Å². The van der Waals surface area contributed by atoms with Gasteiger partial charge in [0.1, 0.15) is 0 Å². The molecule has 0 saturated carbocycles. The quantitative estimate of drug-likeness (QED) is 0.184. The van der Waals surface area contributed by atoms with Gasteiger partial charge >= 0.3 is 0 Å². The first-order valence-corrected chi connectivity index (χ1v) is 24.9. The van der Waals surface area contributed by atoms with Gasteiger partial charge in [0.2, 0.25) is 0 Å². The fourth-order valence-electron chi connectivity index (χ4n) is 6.27. The number of thiophene rings is 2. The monoisotopic (exact) mass is 706 g/mol. The zero-order valence-corrected chi connectivity index (χ0v) is 35.3. The molecule has 252 valence electrons. The van der Waals surface area contributed by atoms with Crippen molar-refractivity contribution < 1.29 is 0 Å². The highest BCUT2D eigenvalue weighted by molar-refractivity contribution is 7.29. The maximum atomic E-state index is 2.58. The normalized spacial score (nSPS) is 16.5. The van der Waals surface area contributed by atoms with E-state index in [9.17, 15) is 0 Å². The fourth-order valence-corrected chi connectivity index (χ4v) is 15.2. The SMILES string of the molecule is CN(C)c1ccc(C2=C/C(=C3/C=C(c4ccc(N(C)C)cc4)c4cc([Si](C)(C)C(C)(C)C)sc43)c3sc([Si](C)(C)C(C)(C)C)cc32)cc1. The van der Waals surface area contributed by atoms with Crippen LogP contribution in [0.3, 0.4) is 0 Å². The number of fused-ring (bicyclic) bond motifs is 2. The third-order valence-electron chi connectivity index (χ3n) is 11.8. The van der Waals surface area contributed by atoms with Crippen molar-refractivity contribution in [3.05, 3.63) is 105 Å². The van der Waals surface area contributed by atoms with Crippen LogP contribution in [0.5, 0.6) is 0 Å². The Morgan fingerprint density at radius 1 is 0.500 bits per heavy atom. The second-order valence-electron chi connectivity index (χ2n) is 17.3. The maximum Gasteiger partial charge on any atom is 0.0987 e. The van der Waals surface area contributed by atoms with Crippen molar-refractivity contribution in [2.24, 2.45) is 0 Å². The molecule has 2 aromatic heterocycles. The van der Waals surface area contributed by atoms with Gasteiger partial charge in [0, 0.05) is 71.6 Å². The van der Waals surface area contributed by atoms with Crippen LogP contribution in [0.4, 0.5) is 11.4 Å². The van der Waals surface area contributed by atoms with E-state index in [1.807, 2.05) is 0 Å². The molecule has 0 saturated heterocycles. The summed E-state index contributed by atoms with van der Waals surface area (Å²) in [5.41, 5.74) is 13.4. The Labute approximate surface area is 300 Å². The summed E-state index contributed by atoms with van der Waals surface area (Å²) in [5.74, 6) is 0. The first kappa shape index (κ1) is 34.9. The summed E-state index contributed by atoms with van der Waals surface area (Å²) >= 11 is 4.15. The molecule has 4 aromatic rings. The molecule has 0 bridgehead atoms. The van der Waals surface area contributed by atoms with Gasteiger partial charge in [-0.25, -0.2) is 0 Å². The molecule has 2 aromatic carbocycles. The summed E-state index contributed by atoms with van der Waals surface area (Å²) in [6.45, 7) is 24.9. The predicted molar refractivity (Wildman–Crippen MR) is 225 cm³/mol. The van der Waals surface area contributed by atoms with Gasteiger partial charge in [0.15, 0.2) is 0 Å². The Balaban J connectivity index is 1.62. The highest BCUT2D eigenvalue weighted by atomic mass is 32.1.